The molecule has 9 heteroatoms. The maximum atomic E-state index is 12.4. The third-order valence-corrected chi connectivity index (χ3v) is 5.21. The third kappa shape index (κ3) is 5.02. The predicted molar refractivity (Wildman–Crippen MR) is 131 cm³/mol. The van der Waals surface area contributed by atoms with Crippen LogP contribution < -0.4 is 15.4 Å². The molecule has 3 aromatic carbocycles. The SMILES string of the molecule is CCOc1ccc(C(=O)NC(=S)Nc2ccc3oc(-c4ccc(Cl)cc4Cl)nc3c2)cc1. The summed E-state index contributed by atoms with van der Waals surface area (Å²) < 4.78 is 11.2. The molecule has 0 atom stereocenters. The first-order valence-corrected chi connectivity index (χ1v) is 10.8. The zero-order valence-electron chi connectivity index (χ0n) is 16.8. The molecule has 0 unspecified atom stereocenters. The van der Waals surface area contributed by atoms with E-state index >= 15 is 0 Å². The van der Waals surface area contributed by atoms with E-state index in [1.807, 2.05) is 6.92 Å². The minimum Gasteiger partial charge on any atom is -0.494 e. The average Bonchev–Trinajstić information content (AvgIpc) is 3.17. The number of thiocarbonyl (C=S) groups is 1. The standard InChI is InChI=1S/C23H17Cl2N3O3S/c1-2-30-16-7-3-13(4-8-16)21(29)28-23(32)26-15-6-10-20-19(12-15)27-22(31-20)17-9-5-14(24)11-18(17)25/h3-12H,2H2,1H3,(H2,26,28,29,32). The minimum absolute atomic E-state index is 0.160. The number of rotatable bonds is 5. The van der Waals surface area contributed by atoms with Crippen LogP contribution in [0.15, 0.2) is 65.1 Å². The van der Waals surface area contributed by atoms with Crippen molar-refractivity contribution in [3.8, 4) is 17.2 Å². The number of carbonyl (C=O) groups is 1. The van der Waals surface area contributed by atoms with E-state index in [9.17, 15) is 4.79 Å². The number of nitrogens with one attached hydrogen (secondary N) is 2. The van der Waals surface area contributed by atoms with Crippen molar-refractivity contribution in [3.05, 3.63) is 76.3 Å². The Labute approximate surface area is 199 Å². The lowest BCUT2D eigenvalue weighted by Crippen LogP contribution is -2.34. The molecule has 1 amide bonds. The Morgan fingerprint density at radius 2 is 1.88 bits per heavy atom. The highest BCUT2D eigenvalue weighted by Crippen LogP contribution is 2.32. The normalized spacial score (nSPS) is 10.7. The summed E-state index contributed by atoms with van der Waals surface area (Å²) in [5.41, 5.74) is 2.95. The zero-order valence-corrected chi connectivity index (χ0v) is 19.1. The molecule has 1 aromatic heterocycles. The smallest absolute Gasteiger partial charge is 0.257 e. The molecule has 4 aromatic rings. The molecule has 0 saturated heterocycles. The van der Waals surface area contributed by atoms with Crippen LogP contribution in [0.4, 0.5) is 5.69 Å². The van der Waals surface area contributed by atoms with Crippen molar-refractivity contribution in [1.29, 1.82) is 0 Å². The Kier molecular flexibility index (Phi) is 6.60. The van der Waals surface area contributed by atoms with E-state index < -0.39 is 0 Å². The topological polar surface area (TPSA) is 76.4 Å². The number of fused-ring (bicyclic) bond motifs is 1. The zero-order chi connectivity index (χ0) is 22.7. The van der Waals surface area contributed by atoms with Gasteiger partial charge < -0.3 is 14.5 Å². The molecule has 0 aliphatic carbocycles. The molecule has 0 bridgehead atoms. The number of halogens is 2. The molecule has 32 heavy (non-hydrogen) atoms. The van der Waals surface area contributed by atoms with Crippen molar-refractivity contribution >= 4 is 63.2 Å². The fraction of sp³-hybridized carbons (Fsp3) is 0.0870. The lowest BCUT2D eigenvalue weighted by atomic mass is 10.2. The minimum atomic E-state index is -0.326. The van der Waals surface area contributed by atoms with Crippen molar-refractivity contribution < 1.29 is 13.9 Å². The number of hydrogen-bond donors (Lipinski definition) is 2. The molecule has 2 N–H and O–H groups in total. The summed E-state index contributed by atoms with van der Waals surface area (Å²) >= 11 is 17.5. The van der Waals surface area contributed by atoms with Crippen LogP contribution in [0.2, 0.25) is 10.0 Å². The van der Waals surface area contributed by atoms with E-state index in [1.165, 1.54) is 0 Å². The van der Waals surface area contributed by atoms with Crippen molar-refractivity contribution in [2.75, 3.05) is 11.9 Å². The number of oxazole rings is 1. The van der Waals surface area contributed by atoms with Gasteiger partial charge in [0.15, 0.2) is 10.7 Å². The van der Waals surface area contributed by atoms with Crippen LogP contribution in [0, 0.1) is 0 Å². The number of carbonyl (C=O) groups excluding carboxylic acids is 1. The quantitative estimate of drug-likeness (QED) is 0.321. The van der Waals surface area contributed by atoms with E-state index in [2.05, 4.69) is 15.6 Å². The molecule has 6 nitrogen and oxygen atoms in total. The summed E-state index contributed by atoms with van der Waals surface area (Å²) in [5.74, 6) is 0.753. The Balaban J connectivity index is 1.45. The average molecular weight is 486 g/mol. The molecule has 0 radical (unpaired) electrons. The fourth-order valence-corrected chi connectivity index (χ4v) is 3.69. The first kappa shape index (κ1) is 22.1. The first-order chi connectivity index (χ1) is 15.4. The van der Waals surface area contributed by atoms with Crippen molar-refractivity contribution in [2.24, 2.45) is 0 Å². The van der Waals surface area contributed by atoms with Crippen LogP contribution in [0.1, 0.15) is 17.3 Å². The highest BCUT2D eigenvalue weighted by Gasteiger charge is 2.13. The second-order valence-corrected chi connectivity index (χ2v) is 7.94. The molecule has 0 aliphatic heterocycles. The molecule has 162 valence electrons. The number of amides is 1. The van der Waals surface area contributed by atoms with Gasteiger partial charge in [0.25, 0.3) is 5.91 Å². The molecule has 4 rings (SSSR count). The maximum Gasteiger partial charge on any atom is 0.257 e. The monoisotopic (exact) mass is 485 g/mol. The number of hydrogen-bond acceptors (Lipinski definition) is 5. The predicted octanol–water partition coefficient (Wildman–Crippen LogP) is 6.33. The number of anilines is 1. The first-order valence-electron chi connectivity index (χ1n) is 9.64. The Morgan fingerprint density at radius 3 is 2.59 bits per heavy atom. The second kappa shape index (κ2) is 9.56. The molecule has 1 heterocycles. The Morgan fingerprint density at radius 1 is 1.09 bits per heavy atom. The summed E-state index contributed by atoms with van der Waals surface area (Å²) in [6.07, 6.45) is 0. The molecular weight excluding hydrogens is 469 g/mol. The lowest BCUT2D eigenvalue weighted by Gasteiger charge is -2.10. The highest BCUT2D eigenvalue weighted by atomic mass is 35.5. The van der Waals surface area contributed by atoms with Gasteiger partial charge in [-0.15, -0.1) is 0 Å². The summed E-state index contributed by atoms with van der Waals surface area (Å²) in [6.45, 7) is 2.46. The van der Waals surface area contributed by atoms with E-state index in [0.29, 0.717) is 56.2 Å². The number of benzene rings is 3. The molecule has 0 spiro atoms. The van der Waals surface area contributed by atoms with Crippen LogP contribution in [0.5, 0.6) is 5.75 Å². The van der Waals surface area contributed by atoms with Crippen LogP contribution in [-0.4, -0.2) is 22.6 Å². The molecule has 0 aliphatic rings. The van der Waals surface area contributed by atoms with Gasteiger partial charge in [0.1, 0.15) is 11.3 Å². The Bertz CT molecular complexity index is 1310. The summed E-state index contributed by atoms with van der Waals surface area (Å²) in [5, 5.41) is 6.77. The van der Waals surface area contributed by atoms with Gasteiger partial charge >= 0.3 is 0 Å². The van der Waals surface area contributed by atoms with Crippen LogP contribution in [0.3, 0.4) is 0 Å². The number of ether oxygens (including phenoxy) is 1. The van der Waals surface area contributed by atoms with Crippen molar-refractivity contribution in [2.45, 2.75) is 6.92 Å². The largest absolute Gasteiger partial charge is 0.494 e. The molecule has 0 fully saturated rings. The Hall–Kier alpha value is -3.13. The lowest BCUT2D eigenvalue weighted by molar-refractivity contribution is 0.0977. The van der Waals surface area contributed by atoms with Crippen molar-refractivity contribution in [1.82, 2.24) is 10.3 Å². The second-order valence-electron chi connectivity index (χ2n) is 6.69. The third-order valence-electron chi connectivity index (χ3n) is 4.46. The van der Waals surface area contributed by atoms with Crippen LogP contribution in [-0.2, 0) is 0 Å². The van der Waals surface area contributed by atoms with E-state index in [0.717, 1.165) is 0 Å². The summed E-state index contributed by atoms with van der Waals surface area (Å²) in [6, 6.07) is 17.2. The molecular formula is C23H17Cl2N3O3S. The van der Waals surface area contributed by atoms with E-state index in [1.54, 1.807) is 60.7 Å². The van der Waals surface area contributed by atoms with Gasteiger partial charge in [-0.3, -0.25) is 10.1 Å². The van der Waals surface area contributed by atoms with Gasteiger partial charge in [-0.05, 0) is 79.8 Å². The van der Waals surface area contributed by atoms with Gasteiger partial charge in [-0.1, -0.05) is 23.2 Å². The van der Waals surface area contributed by atoms with Gasteiger partial charge in [0.2, 0.25) is 5.89 Å². The highest BCUT2D eigenvalue weighted by molar-refractivity contribution is 7.80. The van der Waals surface area contributed by atoms with Crippen LogP contribution in [0.25, 0.3) is 22.6 Å². The summed E-state index contributed by atoms with van der Waals surface area (Å²) in [4.78, 5) is 16.9. The van der Waals surface area contributed by atoms with Crippen LogP contribution >= 0.6 is 35.4 Å². The maximum absolute atomic E-state index is 12.4. The van der Waals surface area contributed by atoms with E-state index in [4.69, 9.17) is 44.6 Å². The van der Waals surface area contributed by atoms with E-state index in [-0.39, 0.29) is 11.0 Å². The van der Waals surface area contributed by atoms with Gasteiger partial charge in [-0.2, -0.15) is 0 Å². The number of aromatic nitrogens is 1. The number of nitrogens with zero attached hydrogens (tertiary/aromatic N) is 1. The molecule has 0 saturated carbocycles. The fourth-order valence-electron chi connectivity index (χ4n) is 2.99. The van der Waals surface area contributed by atoms with Gasteiger partial charge in [0.05, 0.1) is 17.2 Å². The van der Waals surface area contributed by atoms with Gasteiger partial charge in [0, 0.05) is 16.3 Å². The van der Waals surface area contributed by atoms with Gasteiger partial charge in [-0.25, -0.2) is 4.98 Å². The summed E-state index contributed by atoms with van der Waals surface area (Å²) in [7, 11) is 0. The van der Waals surface area contributed by atoms with Crippen molar-refractivity contribution in [3.63, 3.8) is 0 Å².